The number of hydrogen-bond donors (Lipinski definition) is 2. The second kappa shape index (κ2) is 15.7. The summed E-state index contributed by atoms with van der Waals surface area (Å²) in [5.74, 6) is -1.56. The van der Waals surface area contributed by atoms with Crippen LogP contribution in [0.2, 0.25) is 0 Å². The van der Waals surface area contributed by atoms with Gasteiger partial charge >= 0.3 is 103 Å². The zero-order chi connectivity index (χ0) is 19.7. The number of carbonyl (C=O) groups excluding carboxylic acids is 2. The maximum absolute atomic E-state index is 10.3. The van der Waals surface area contributed by atoms with Gasteiger partial charge in [-0.05, 0) is 62.4 Å². The third kappa shape index (κ3) is 12.4. The van der Waals surface area contributed by atoms with Gasteiger partial charge in [-0.2, -0.15) is 0 Å². The van der Waals surface area contributed by atoms with Crippen LogP contribution >= 0.6 is 0 Å². The Balaban J connectivity index is 0. The molecule has 8 nitrogen and oxygen atoms in total. The normalized spacial score (nSPS) is 11.2. The van der Waals surface area contributed by atoms with Gasteiger partial charge in [-0.1, -0.05) is 0 Å². The van der Waals surface area contributed by atoms with E-state index in [1.165, 1.54) is 62.4 Å². The van der Waals surface area contributed by atoms with Gasteiger partial charge in [-0.25, -0.2) is 0 Å². The van der Waals surface area contributed by atoms with Gasteiger partial charge in [0.15, 0.2) is 0 Å². The van der Waals surface area contributed by atoms with E-state index in [-0.39, 0.29) is 114 Å². The molecule has 0 amide bonds. The molecule has 0 aliphatic carbocycles. The summed E-state index contributed by atoms with van der Waals surface area (Å²) in [5.41, 5.74) is 0. The van der Waals surface area contributed by atoms with Crippen LogP contribution in [0.15, 0.2) is 48.5 Å². The first-order chi connectivity index (χ1) is 12.2. The summed E-state index contributed by atoms with van der Waals surface area (Å²) in [6.45, 7) is 2.75. The van der Waals surface area contributed by atoms with Gasteiger partial charge in [-0.3, -0.25) is 0 Å². The maximum Gasteiger partial charge on any atom is 1.00 e. The summed E-state index contributed by atoms with van der Waals surface area (Å²) in [7, 11) is 0. The monoisotopic (exact) mass is 440 g/mol. The molecule has 0 saturated carbocycles. The summed E-state index contributed by atoms with van der Waals surface area (Å²) in [4.78, 5) is 20.6. The molecule has 2 aromatic carbocycles. The fourth-order valence-electron chi connectivity index (χ4n) is 1.55. The third-order valence-corrected chi connectivity index (χ3v) is 2.96. The maximum atomic E-state index is 10.3. The van der Waals surface area contributed by atoms with Crippen molar-refractivity contribution in [2.45, 2.75) is 26.1 Å². The fourth-order valence-corrected chi connectivity index (χ4v) is 1.55. The van der Waals surface area contributed by atoms with Crippen molar-refractivity contribution in [2.24, 2.45) is 0 Å². The van der Waals surface area contributed by atoms with Crippen molar-refractivity contribution in [3.05, 3.63) is 48.5 Å². The molecule has 0 heterocycles. The zero-order valence-corrected chi connectivity index (χ0v) is 22.4. The molecule has 10 heteroatoms. The minimum Gasteiger partial charge on any atom is -0.546 e. The Morgan fingerprint density at radius 2 is 0.964 bits per heavy atom. The van der Waals surface area contributed by atoms with Crippen LogP contribution in [0.1, 0.15) is 13.8 Å². The molecule has 0 fully saturated rings. The quantitative estimate of drug-likeness (QED) is 0.423. The van der Waals surface area contributed by atoms with Crippen molar-refractivity contribution < 1.29 is 142 Å². The molecule has 0 bridgehead atoms. The fraction of sp³-hybridized carbons (Fsp3) is 0.222. The van der Waals surface area contributed by atoms with E-state index in [1.54, 1.807) is 0 Å². The van der Waals surface area contributed by atoms with Crippen molar-refractivity contribution in [1.29, 1.82) is 0 Å². The zero-order valence-electron chi connectivity index (χ0n) is 16.1. The number of benzene rings is 2. The number of carbonyl (C=O) groups is 2. The first kappa shape index (κ1) is 30.0. The van der Waals surface area contributed by atoms with Gasteiger partial charge in [0.25, 0.3) is 0 Å². The topological polar surface area (TPSA) is 139 Å². The molecule has 2 rings (SSSR count). The number of phenols is 2. The Morgan fingerprint density at radius 1 is 0.714 bits per heavy atom. The molecular weight excluding hydrogens is 422 g/mol. The Morgan fingerprint density at radius 3 is 1.18 bits per heavy atom. The van der Waals surface area contributed by atoms with E-state index < -0.39 is 24.1 Å². The van der Waals surface area contributed by atoms with Crippen molar-refractivity contribution in [2.75, 3.05) is 0 Å². The van der Waals surface area contributed by atoms with Crippen molar-refractivity contribution in [3.8, 4) is 23.0 Å². The van der Waals surface area contributed by atoms with Gasteiger partial charge in [0.2, 0.25) is 0 Å². The number of ether oxygens (including phenoxy) is 2. The van der Waals surface area contributed by atoms with Crippen molar-refractivity contribution in [3.63, 3.8) is 0 Å². The van der Waals surface area contributed by atoms with Crippen LogP contribution in [0.4, 0.5) is 0 Å². The van der Waals surface area contributed by atoms with E-state index in [1.807, 2.05) is 0 Å². The van der Waals surface area contributed by atoms with E-state index in [0.29, 0.717) is 11.5 Å². The van der Waals surface area contributed by atoms with Gasteiger partial charge in [0, 0.05) is 0 Å². The van der Waals surface area contributed by atoms with E-state index >= 15 is 0 Å². The number of aromatic hydroxyl groups is 2. The molecule has 2 aromatic rings. The van der Waals surface area contributed by atoms with Gasteiger partial charge in [-0.15, -0.1) is 0 Å². The van der Waals surface area contributed by atoms with Crippen molar-refractivity contribution in [1.82, 2.24) is 0 Å². The Bertz CT molecular complexity index is 656. The molecule has 28 heavy (non-hydrogen) atoms. The first-order valence-electron chi connectivity index (χ1n) is 7.52. The summed E-state index contributed by atoms with van der Waals surface area (Å²) < 4.78 is 9.92. The minimum absolute atomic E-state index is 0. The third-order valence-electron chi connectivity index (χ3n) is 2.96. The molecule has 140 valence electrons. The molecular formula is C18H18K2O8. The molecule has 2 atom stereocenters. The van der Waals surface area contributed by atoms with Gasteiger partial charge < -0.3 is 39.5 Å². The molecule has 0 aliphatic rings. The number of rotatable bonds is 6. The Hall–Kier alpha value is -0.147. The number of carboxylic acid groups (broad SMARTS) is 2. The molecule has 0 saturated heterocycles. The predicted molar refractivity (Wildman–Crippen MR) is 86.4 cm³/mol. The second-order valence-corrected chi connectivity index (χ2v) is 5.15. The second-order valence-electron chi connectivity index (χ2n) is 5.15. The molecule has 0 aliphatic heterocycles. The number of aliphatic carboxylic acids is 2. The van der Waals surface area contributed by atoms with Crippen LogP contribution in [0.25, 0.3) is 0 Å². The average Bonchev–Trinajstić information content (AvgIpc) is 2.59. The van der Waals surface area contributed by atoms with Crippen LogP contribution < -0.4 is 122 Å². The smallest absolute Gasteiger partial charge is 0.546 e. The molecule has 0 unspecified atom stereocenters. The Labute approximate surface area is 247 Å². The SMILES string of the molecule is C[C@@H](Oc1ccc(O)cc1)C(=O)[O-].C[C@@H](Oc1ccc(O)cc1)C(=O)[O-].[K+].[K+]. The van der Waals surface area contributed by atoms with E-state index in [0.717, 1.165) is 0 Å². The van der Waals surface area contributed by atoms with Crippen LogP contribution in [0.3, 0.4) is 0 Å². The predicted octanol–water partition coefficient (Wildman–Crippen LogP) is -6.17. The van der Waals surface area contributed by atoms with Crippen LogP contribution in [-0.4, -0.2) is 34.4 Å². The van der Waals surface area contributed by atoms with E-state index in [2.05, 4.69) is 0 Å². The standard InChI is InChI=1S/2C9H10O4.2K/c2*1-6(9(11)12)13-8-4-2-7(10)3-5-8;;/h2*2-6,10H,1H3,(H,11,12);;/q;;2*+1/p-2/t2*6-;;/m11../s1. The average molecular weight is 441 g/mol. The van der Waals surface area contributed by atoms with Crippen LogP contribution in [0, 0.1) is 0 Å². The number of hydrogen-bond acceptors (Lipinski definition) is 8. The summed E-state index contributed by atoms with van der Waals surface area (Å²) in [5, 5.41) is 38.4. The van der Waals surface area contributed by atoms with Crippen LogP contribution in [-0.2, 0) is 9.59 Å². The summed E-state index contributed by atoms with van der Waals surface area (Å²) >= 11 is 0. The number of carboxylic acids is 2. The van der Waals surface area contributed by atoms with Gasteiger partial charge in [0.1, 0.15) is 35.2 Å². The van der Waals surface area contributed by atoms with Crippen molar-refractivity contribution >= 4 is 11.9 Å². The van der Waals surface area contributed by atoms with Crippen LogP contribution in [0.5, 0.6) is 23.0 Å². The summed E-state index contributed by atoms with van der Waals surface area (Å²) in [6, 6.07) is 11.6. The molecule has 2 N–H and O–H groups in total. The Kier molecular flexibility index (Phi) is 16.8. The largest absolute Gasteiger partial charge is 1.00 e. The van der Waals surface area contributed by atoms with E-state index in [9.17, 15) is 19.8 Å². The molecule has 0 aromatic heterocycles. The summed E-state index contributed by atoms with van der Waals surface area (Å²) in [6.07, 6.45) is -1.99. The molecule has 0 radical (unpaired) electrons. The molecule has 0 spiro atoms. The minimum atomic E-state index is -1.27. The number of phenolic OH excluding ortho intramolecular Hbond substituents is 2. The van der Waals surface area contributed by atoms with Gasteiger partial charge in [0.05, 0.1) is 11.9 Å². The first-order valence-corrected chi connectivity index (χ1v) is 7.52. The van der Waals surface area contributed by atoms with E-state index in [4.69, 9.17) is 19.7 Å².